The summed E-state index contributed by atoms with van der Waals surface area (Å²) < 4.78 is 6.00. The molecule has 0 aromatic carbocycles. The summed E-state index contributed by atoms with van der Waals surface area (Å²) in [4.78, 5) is 11.5. The van der Waals surface area contributed by atoms with E-state index in [0.29, 0.717) is 9.81 Å². The standard InChI is InChI=1S/C11H17BBr2O2/c1-2-3-4-5-6-8-9(14)10(15)16-11(8,12)7-13/h2-7,12H2,1H3. The minimum Gasteiger partial charge on any atom is -0.460 e. The molecule has 1 rings (SSSR count). The molecule has 0 saturated heterocycles. The molecule has 0 bridgehead atoms. The van der Waals surface area contributed by atoms with E-state index in [2.05, 4.69) is 38.8 Å². The number of hydrogen-bond donors (Lipinski definition) is 0. The molecule has 0 radical (unpaired) electrons. The van der Waals surface area contributed by atoms with Crippen molar-refractivity contribution in [3.8, 4) is 0 Å². The van der Waals surface area contributed by atoms with Crippen molar-refractivity contribution in [2.45, 2.75) is 44.5 Å². The largest absolute Gasteiger partial charge is 0.460 e. The number of rotatable bonds is 6. The van der Waals surface area contributed by atoms with E-state index in [0.717, 1.165) is 18.4 Å². The minimum atomic E-state index is -0.456. The van der Waals surface area contributed by atoms with Gasteiger partial charge in [0.2, 0.25) is 0 Å². The Morgan fingerprint density at radius 1 is 1.38 bits per heavy atom. The monoisotopic (exact) mass is 350 g/mol. The average molecular weight is 352 g/mol. The van der Waals surface area contributed by atoms with Crippen molar-refractivity contribution in [3.63, 3.8) is 0 Å². The third-order valence-electron chi connectivity index (χ3n) is 2.94. The molecule has 0 N–H and O–H groups in total. The Morgan fingerprint density at radius 2 is 2.06 bits per heavy atom. The lowest BCUT2D eigenvalue weighted by molar-refractivity contribution is -0.140. The topological polar surface area (TPSA) is 26.3 Å². The summed E-state index contributed by atoms with van der Waals surface area (Å²) >= 11 is 6.76. The summed E-state index contributed by atoms with van der Waals surface area (Å²) in [5, 5.41) is 0.657. The lowest BCUT2D eigenvalue weighted by atomic mass is 9.76. The fourth-order valence-electron chi connectivity index (χ4n) is 1.88. The first kappa shape index (κ1) is 14.3. The normalized spacial score (nSPS) is 25.1. The summed E-state index contributed by atoms with van der Waals surface area (Å²) in [7, 11) is 1.96. The first-order valence-electron chi connectivity index (χ1n) is 5.73. The molecule has 1 unspecified atom stereocenters. The molecule has 0 aromatic heterocycles. The summed E-state index contributed by atoms with van der Waals surface area (Å²) in [6.45, 7) is 2.19. The third kappa shape index (κ3) is 3.13. The van der Waals surface area contributed by atoms with E-state index in [9.17, 15) is 4.79 Å². The molecule has 90 valence electrons. The number of esters is 1. The molecule has 0 amide bonds. The molecule has 0 spiro atoms. The number of hydrogen-bond acceptors (Lipinski definition) is 2. The molecule has 1 aliphatic rings. The first-order valence-corrected chi connectivity index (χ1v) is 7.65. The zero-order valence-electron chi connectivity index (χ0n) is 9.82. The molecule has 1 heterocycles. The van der Waals surface area contributed by atoms with Gasteiger partial charge in [-0.3, -0.25) is 0 Å². The Labute approximate surface area is 115 Å². The van der Waals surface area contributed by atoms with Gasteiger partial charge in [0, 0.05) is 5.33 Å². The van der Waals surface area contributed by atoms with Gasteiger partial charge in [-0.25, -0.2) is 4.79 Å². The number of alkyl halides is 1. The molecular weight excluding hydrogens is 335 g/mol. The SMILES string of the molecule is BC1(CBr)OC(=O)C(Br)=C1CCCCCC. The third-order valence-corrected chi connectivity index (χ3v) is 4.81. The van der Waals surface area contributed by atoms with Crippen LogP contribution in [0.15, 0.2) is 10.1 Å². The smallest absolute Gasteiger partial charge is 0.345 e. The predicted octanol–water partition coefficient (Wildman–Crippen LogP) is 2.89. The van der Waals surface area contributed by atoms with Gasteiger partial charge in [-0.15, -0.1) is 0 Å². The summed E-state index contributed by atoms with van der Waals surface area (Å²) in [5.41, 5.74) is 0.646. The van der Waals surface area contributed by atoms with Crippen molar-refractivity contribution >= 4 is 45.7 Å². The van der Waals surface area contributed by atoms with Crippen LogP contribution in [-0.4, -0.2) is 24.6 Å². The highest BCUT2D eigenvalue weighted by molar-refractivity contribution is 9.12. The van der Waals surface area contributed by atoms with E-state index in [4.69, 9.17) is 4.74 Å². The molecular formula is C11H17BBr2O2. The average Bonchev–Trinajstić information content (AvgIpc) is 2.48. The van der Waals surface area contributed by atoms with Crippen molar-refractivity contribution in [1.82, 2.24) is 0 Å². The van der Waals surface area contributed by atoms with Gasteiger partial charge in [0.05, 0.1) is 0 Å². The second-order valence-electron chi connectivity index (χ2n) is 4.36. The van der Waals surface area contributed by atoms with Gasteiger partial charge in [-0.1, -0.05) is 42.1 Å². The van der Waals surface area contributed by atoms with Crippen molar-refractivity contribution in [1.29, 1.82) is 0 Å². The fraction of sp³-hybridized carbons (Fsp3) is 0.727. The molecule has 5 heteroatoms. The Bertz CT molecular complexity index is 304. The maximum Gasteiger partial charge on any atom is 0.345 e. The van der Waals surface area contributed by atoms with Gasteiger partial charge in [-0.2, -0.15) is 0 Å². The Morgan fingerprint density at radius 3 is 2.62 bits per heavy atom. The van der Waals surface area contributed by atoms with Crippen molar-refractivity contribution < 1.29 is 9.53 Å². The first-order chi connectivity index (χ1) is 7.55. The van der Waals surface area contributed by atoms with Crippen LogP contribution in [-0.2, 0) is 9.53 Å². The number of unbranched alkanes of at least 4 members (excludes halogenated alkanes) is 3. The quantitative estimate of drug-likeness (QED) is 0.318. The highest BCUT2D eigenvalue weighted by Gasteiger charge is 2.41. The summed E-state index contributed by atoms with van der Waals surface area (Å²) in [6, 6.07) is 0. The van der Waals surface area contributed by atoms with Crippen LogP contribution >= 0.6 is 31.9 Å². The van der Waals surface area contributed by atoms with Gasteiger partial charge < -0.3 is 4.74 Å². The Balaban J connectivity index is 2.63. The molecule has 1 atom stereocenters. The molecule has 0 fully saturated rings. The van der Waals surface area contributed by atoms with E-state index in [1.54, 1.807) is 0 Å². The fourth-order valence-corrected chi connectivity index (χ4v) is 3.03. The van der Waals surface area contributed by atoms with Crippen LogP contribution in [0.25, 0.3) is 0 Å². The second-order valence-corrected chi connectivity index (χ2v) is 5.71. The predicted molar refractivity (Wildman–Crippen MR) is 75.9 cm³/mol. The van der Waals surface area contributed by atoms with Gasteiger partial charge in [-0.05, 0) is 34.3 Å². The van der Waals surface area contributed by atoms with Crippen LogP contribution in [0.4, 0.5) is 0 Å². The van der Waals surface area contributed by atoms with Crippen LogP contribution in [0.2, 0.25) is 0 Å². The molecule has 0 aromatic rings. The van der Waals surface area contributed by atoms with E-state index >= 15 is 0 Å². The molecule has 0 aliphatic carbocycles. The van der Waals surface area contributed by atoms with Crippen LogP contribution in [0.5, 0.6) is 0 Å². The maximum absolute atomic E-state index is 11.5. The molecule has 1 aliphatic heterocycles. The zero-order chi connectivity index (χ0) is 12.2. The van der Waals surface area contributed by atoms with Crippen LogP contribution in [0.1, 0.15) is 39.0 Å². The van der Waals surface area contributed by atoms with Gasteiger partial charge in [0.25, 0.3) is 0 Å². The van der Waals surface area contributed by atoms with Gasteiger partial charge in [0.1, 0.15) is 9.98 Å². The highest BCUT2D eigenvalue weighted by Crippen LogP contribution is 2.37. The van der Waals surface area contributed by atoms with E-state index in [1.165, 1.54) is 19.3 Å². The van der Waals surface area contributed by atoms with E-state index < -0.39 is 5.50 Å². The maximum atomic E-state index is 11.5. The summed E-state index contributed by atoms with van der Waals surface area (Å²) in [6.07, 6.45) is 5.76. The lowest BCUT2D eigenvalue weighted by Gasteiger charge is -2.24. The highest BCUT2D eigenvalue weighted by atomic mass is 79.9. The van der Waals surface area contributed by atoms with E-state index in [1.807, 2.05) is 7.85 Å². The van der Waals surface area contributed by atoms with E-state index in [-0.39, 0.29) is 5.97 Å². The van der Waals surface area contributed by atoms with Crippen molar-refractivity contribution in [2.24, 2.45) is 0 Å². The molecule has 2 nitrogen and oxygen atoms in total. The zero-order valence-corrected chi connectivity index (χ0v) is 13.0. The van der Waals surface area contributed by atoms with Crippen LogP contribution < -0.4 is 0 Å². The second kappa shape index (κ2) is 6.24. The number of halogens is 2. The number of carbonyl (C=O) groups is 1. The molecule has 16 heavy (non-hydrogen) atoms. The van der Waals surface area contributed by atoms with Gasteiger partial charge in [0.15, 0.2) is 7.85 Å². The lowest BCUT2D eigenvalue weighted by Crippen LogP contribution is -2.34. The van der Waals surface area contributed by atoms with Crippen molar-refractivity contribution in [3.05, 3.63) is 10.1 Å². The molecule has 0 saturated carbocycles. The number of cyclic esters (lactones) is 1. The minimum absolute atomic E-state index is 0.229. The summed E-state index contributed by atoms with van der Waals surface area (Å²) in [5.74, 6) is -0.229. The van der Waals surface area contributed by atoms with Crippen LogP contribution in [0.3, 0.4) is 0 Å². The van der Waals surface area contributed by atoms with Crippen LogP contribution in [0, 0.1) is 0 Å². The number of carbonyl (C=O) groups excluding carboxylic acids is 1. The Kier molecular flexibility index (Phi) is 5.58. The van der Waals surface area contributed by atoms with Crippen molar-refractivity contribution in [2.75, 3.05) is 5.33 Å². The van der Waals surface area contributed by atoms with Gasteiger partial charge >= 0.3 is 5.97 Å². The number of ether oxygens (including phenoxy) is 1. The Hall–Kier alpha value is 0.235.